The average Bonchev–Trinajstić information content (AvgIpc) is 2.76. The molecule has 5 nitrogen and oxygen atoms in total. The van der Waals surface area contributed by atoms with E-state index in [1.54, 1.807) is 0 Å². The predicted octanol–water partition coefficient (Wildman–Crippen LogP) is 3.92. The standard InChI is InChI=1S/C24H28ClFN2O3/c1-28(15-17-5-3-2-4-6-17)23-9-11-24(12-10-23,21(29)14-23)27-22(30)16-31-18-7-8-19(25)20(26)13-18/h2-8,13,21,29H,9-12,14-16H2,1H3,(H,27,30)/t21-,23?,24?/m1/s1. The lowest BCUT2D eigenvalue weighted by atomic mass is 9.59. The van der Waals surface area contributed by atoms with E-state index in [0.717, 1.165) is 25.5 Å². The normalized spacial score (nSPS) is 27.3. The van der Waals surface area contributed by atoms with Gasteiger partial charge in [-0.3, -0.25) is 9.69 Å². The zero-order valence-electron chi connectivity index (χ0n) is 17.6. The lowest BCUT2D eigenvalue weighted by Crippen LogP contribution is -2.69. The summed E-state index contributed by atoms with van der Waals surface area (Å²) in [6.45, 7) is 0.590. The summed E-state index contributed by atoms with van der Waals surface area (Å²) in [4.78, 5) is 14.9. The lowest BCUT2D eigenvalue weighted by molar-refractivity contribution is -0.137. The zero-order valence-corrected chi connectivity index (χ0v) is 18.4. The van der Waals surface area contributed by atoms with Crippen LogP contribution in [0.1, 0.15) is 37.7 Å². The highest BCUT2D eigenvalue weighted by Crippen LogP contribution is 2.50. The van der Waals surface area contributed by atoms with Crippen molar-refractivity contribution >= 4 is 17.5 Å². The molecule has 3 aliphatic rings. The number of nitrogens with zero attached hydrogens (tertiary/aromatic N) is 1. The molecule has 3 fully saturated rings. The average molecular weight is 447 g/mol. The number of benzene rings is 2. The van der Waals surface area contributed by atoms with Gasteiger partial charge in [0, 0.05) is 18.2 Å². The Morgan fingerprint density at radius 1 is 1.23 bits per heavy atom. The third-order valence-corrected chi connectivity index (χ3v) is 7.31. The molecule has 0 saturated heterocycles. The summed E-state index contributed by atoms with van der Waals surface area (Å²) >= 11 is 5.67. The molecule has 2 N–H and O–H groups in total. The van der Waals surface area contributed by atoms with Crippen LogP contribution in [0.2, 0.25) is 5.02 Å². The van der Waals surface area contributed by atoms with Gasteiger partial charge in [0.1, 0.15) is 11.6 Å². The van der Waals surface area contributed by atoms with E-state index < -0.39 is 17.5 Å². The zero-order chi connectivity index (χ0) is 22.1. The Kier molecular flexibility index (Phi) is 6.24. The number of carbonyl (C=O) groups is 1. The molecule has 166 valence electrons. The van der Waals surface area contributed by atoms with Crippen LogP contribution in [0, 0.1) is 5.82 Å². The van der Waals surface area contributed by atoms with Crippen LogP contribution in [-0.4, -0.2) is 46.7 Å². The van der Waals surface area contributed by atoms with Crippen molar-refractivity contribution in [2.24, 2.45) is 0 Å². The second-order valence-corrected chi connectivity index (χ2v) is 9.26. The molecule has 2 aromatic carbocycles. The van der Waals surface area contributed by atoms with E-state index >= 15 is 0 Å². The molecular formula is C24H28ClFN2O3. The molecule has 3 aliphatic carbocycles. The van der Waals surface area contributed by atoms with Gasteiger partial charge in [-0.05, 0) is 56.8 Å². The summed E-state index contributed by atoms with van der Waals surface area (Å²) in [5.74, 6) is -0.672. The van der Waals surface area contributed by atoms with Gasteiger partial charge < -0.3 is 15.2 Å². The number of carbonyl (C=O) groups excluding carboxylic acids is 1. The minimum Gasteiger partial charge on any atom is -0.484 e. The maximum absolute atomic E-state index is 13.5. The van der Waals surface area contributed by atoms with E-state index in [0.29, 0.717) is 19.3 Å². The minimum atomic E-state index is -0.624. The summed E-state index contributed by atoms with van der Waals surface area (Å²) in [5, 5.41) is 14.0. The summed E-state index contributed by atoms with van der Waals surface area (Å²) in [6, 6.07) is 14.4. The van der Waals surface area contributed by atoms with Gasteiger partial charge in [-0.25, -0.2) is 4.39 Å². The molecule has 1 amide bonds. The van der Waals surface area contributed by atoms with Crippen LogP contribution < -0.4 is 10.1 Å². The number of nitrogens with one attached hydrogen (secondary N) is 1. The van der Waals surface area contributed by atoms with Crippen molar-refractivity contribution in [1.29, 1.82) is 0 Å². The fourth-order valence-corrected chi connectivity index (χ4v) is 5.17. The predicted molar refractivity (Wildman–Crippen MR) is 118 cm³/mol. The first kappa shape index (κ1) is 22.1. The summed E-state index contributed by atoms with van der Waals surface area (Å²) in [7, 11) is 2.12. The van der Waals surface area contributed by atoms with Crippen molar-refractivity contribution in [3.05, 3.63) is 64.9 Å². The second-order valence-electron chi connectivity index (χ2n) is 8.85. The fraction of sp³-hybridized carbons (Fsp3) is 0.458. The number of hydrogen-bond donors (Lipinski definition) is 2. The quantitative estimate of drug-likeness (QED) is 0.676. The Morgan fingerprint density at radius 3 is 2.58 bits per heavy atom. The maximum Gasteiger partial charge on any atom is 0.258 e. The van der Waals surface area contributed by atoms with Gasteiger partial charge in [0.05, 0.1) is 16.7 Å². The molecule has 2 bridgehead atoms. The van der Waals surface area contributed by atoms with Crippen LogP contribution >= 0.6 is 11.6 Å². The van der Waals surface area contributed by atoms with Crippen LogP contribution in [-0.2, 0) is 11.3 Å². The number of rotatable bonds is 7. The Morgan fingerprint density at radius 2 is 1.94 bits per heavy atom. The van der Waals surface area contributed by atoms with Gasteiger partial charge in [-0.15, -0.1) is 0 Å². The molecule has 0 spiro atoms. The Balaban J connectivity index is 1.35. The summed E-state index contributed by atoms with van der Waals surface area (Å²) in [6.07, 6.45) is 3.27. The van der Waals surface area contributed by atoms with E-state index in [4.69, 9.17) is 16.3 Å². The van der Waals surface area contributed by atoms with Gasteiger partial charge in [-0.2, -0.15) is 0 Å². The van der Waals surface area contributed by atoms with Gasteiger partial charge in [0.15, 0.2) is 6.61 Å². The van der Waals surface area contributed by atoms with Gasteiger partial charge in [0.2, 0.25) is 0 Å². The lowest BCUT2D eigenvalue weighted by Gasteiger charge is -2.59. The number of fused-ring (bicyclic) bond motifs is 3. The van der Waals surface area contributed by atoms with Gasteiger partial charge >= 0.3 is 0 Å². The minimum absolute atomic E-state index is 0.00365. The van der Waals surface area contributed by atoms with Crippen LogP contribution in [0.15, 0.2) is 48.5 Å². The molecule has 0 heterocycles. The van der Waals surface area contributed by atoms with E-state index in [1.165, 1.54) is 17.7 Å². The molecular weight excluding hydrogens is 419 g/mol. The molecule has 0 unspecified atom stereocenters. The number of hydrogen-bond acceptors (Lipinski definition) is 4. The molecule has 1 atom stereocenters. The summed E-state index contributed by atoms with van der Waals surface area (Å²) < 4.78 is 18.9. The van der Waals surface area contributed by atoms with Gasteiger partial charge in [0.25, 0.3) is 5.91 Å². The maximum atomic E-state index is 13.5. The fourth-order valence-electron chi connectivity index (χ4n) is 5.05. The molecule has 3 saturated carbocycles. The number of amides is 1. The van der Waals surface area contributed by atoms with Crippen LogP contribution in [0.4, 0.5) is 4.39 Å². The highest BCUT2D eigenvalue weighted by atomic mass is 35.5. The van der Waals surface area contributed by atoms with Crippen molar-refractivity contribution < 1.29 is 19.0 Å². The van der Waals surface area contributed by atoms with Crippen LogP contribution in [0.25, 0.3) is 0 Å². The molecule has 5 rings (SSSR count). The van der Waals surface area contributed by atoms with Crippen molar-refractivity contribution in [2.75, 3.05) is 13.7 Å². The third-order valence-electron chi connectivity index (χ3n) is 7.01. The highest BCUT2D eigenvalue weighted by molar-refractivity contribution is 6.30. The smallest absolute Gasteiger partial charge is 0.258 e. The van der Waals surface area contributed by atoms with Crippen molar-refractivity contribution in [3.8, 4) is 5.75 Å². The number of aliphatic hydroxyl groups is 1. The first-order valence-corrected chi connectivity index (χ1v) is 11.0. The third kappa shape index (κ3) is 4.56. The van der Waals surface area contributed by atoms with E-state index in [-0.39, 0.29) is 28.8 Å². The topological polar surface area (TPSA) is 61.8 Å². The summed E-state index contributed by atoms with van der Waals surface area (Å²) in [5.41, 5.74) is 0.570. The van der Waals surface area contributed by atoms with Crippen molar-refractivity contribution in [2.45, 2.75) is 55.8 Å². The number of ether oxygens (including phenoxy) is 1. The van der Waals surface area contributed by atoms with Crippen LogP contribution in [0.3, 0.4) is 0 Å². The second kappa shape index (κ2) is 8.77. The highest BCUT2D eigenvalue weighted by Gasteiger charge is 2.56. The molecule has 7 heteroatoms. The number of aliphatic hydroxyl groups excluding tert-OH is 1. The molecule has 0 aliphatic heterocycles. The van der Waals surface area contributed by atoms with Crippen molar-refractivity contribution in [1.82, 2.24) is 10.2 Å². The first-order valence-electron chi connectivity index (χ1n) is 10.6. The molecule has 0 radical (unpaired) electrons. The Bertz CT molecular complexity index is 932. The first-order chi connectivity index (χ1) is 14.8. The molecule has 2 aromatic rings. The Labute approximate surface area is 187 Å². The van der Waals surface area contributed by atoms with E-state index in [9.17, 15) is 14.3 Å². The molecule has 31 heavy (non-hydrogen) atoms. The number of halogens is 2. The molecule has 0 aromatic heterocycles. The monoisotopic (exact) mass is 446 g/mol. The SMILES string of the molecule is CN(Cc1ccccc1)C12CCC(NC(=O)COc3ccc(Cl)c(F)c3)(CC1)[C@H](O)C2. The van der Waals surface area contributed by atoms with E-state index in [1.807, 2.05) is 18.2 Å². The van der Waals surface area contributed by atoms with Crippen LogP contribution in [0.5, 0.6) is 5.75 Å². The van der Waals surface area contributed by atoms with E-state index in [2.05, 4.69) is 29.4 Å². The Hall–Kier alpha value is -2.15. The largest absolute Gasteiger partial charge is 0.484 e. The van der Waals surface area contributed by atoms with Crippen molar-refractivity contribution in [3.63, 3.8) is 0 Å². The van der Waals surface area contributed by atoms with Gasteiger partial charge in [-0.1, -0.05) is 41.9 Å².